The molecule has 1 aliphatic heterocycles. The number of esters is 1. The fourth-order valence-electron chi connectivity index (χ4n) is 3.21. The standard InChI is InChI=1S/C16H32N2O2/c1-13(2)17-16(5,14(19)20-6)9-11-18-10-7-8-15(3,4)12-18/h13,17H,7-12H2,1-6H3. The molecule has 4 heteroatoms. The van der Waals surface area contributed by atoms with E-state index in [2.05, 4.69) is 37.9 Å². The van der Waals surface area contributed by atoms with Gasteiger partial charge in [-0.25, -0.2) is 0 Å². The zero-order valence-electron chi connectivity index (χ0n) is 14.1. The number of hydrogen-bond donors (Lipinski definition) is 1. The van der Waals surface area contributed by atoms with Crippen LogP contribution < -0.4 is 5.32 Å². The molecule has 0 spiro atoms. The molecule has 0 aromatic rings. The van der Waals surface area contributed by atoms with Gasteiger partial charge in [-0.05, 0) is 52.0 Å². The van der Waals surface area contributed by atoms with Crippen LogP contribution in [0.5, 0.6) is 0 Å². The smallest absolute Gasteiger partial charge is 0.325 e. The molecule has 1 saturated heterocycles. The van der Waals surface area contributed by atoms with Crippen molar-refractivity contribution in [2.24, 2.45) is 5.41 Å². The summed E-state index contributed by atoms with van der Waals surface area (Å²) in [7, 11) is 1.46. The van der Waals surface area contributed by atoms with E-state index in [1.165, 1.54) is 20.0 Å². The summed E-state index contributed by atoms with van der Waals surface area (Å²) in [5.41, 5.74) is -0.199. The lowest BCUT2D eigenvalue weighted by Gasteiger charge is -2.40. The Labute approximate surface area is 124 Å². The molecule has 118 valence electrons. The molecule has 1 rings (SSSR count). The predicted octanol–water partition coefficient (Wildman–Crippen LogP) is 2.43. The van der Waals surface area contributed by atoms with Crippen molar-refractivity contribution in [1.29, 1.82) is 0 Å². The fourth-order valence-corrected chi connectivity index (χ4v) is 3.21. The minimum atomic E-state index is -0.593. The number of methoxy groups -OCH3 is 1. The minimum Gasteiger partial charge on any atom is -0.468 e. The molecule has 1 atom stereocenters. The summed E-state index contributed by atoms with van der Waals surface area (Å²) in [6, 6.07) is 0.261. The molecule has 1 heterocycles. The van der Waals surface area contributed by atoms with Crippen LogP contribution in [0.15, 0.2) is 0 Å². The van der Waals surface area contributed by atoms with Gasteiger partial charge in [0, 0.05) is 19.1 Å². The normalized spacial score (nSPS) is 22.6. The second-order valence-corrected chi connectivity index (χ2v) is 7.42. The SMILES string of the molecule is COC(=O)C(C)(CCN1CCCC(C)(C)C1)NC(C)C. The van der Waals surface area contributed by atoms with Crippen molar-refractivity contribution in [3.8, 4) is 0 Å². The summed E-state index contributed by atoms with van der Waals surface area (Å²) in [6.07, 6.45) is 3.33. The van der Waals surface area contributed by atoms with Crippen LogP contribution in [-0.4, -0.2) is 49.2 Å². The van der Waals surface area contributed by atoms with Crippen LogP contribution in [0.3, 0.4) is 0 Å². The zero-order valence-corrected chi connectivity index (χ0v) is 14.1. The number of carbonyl (C=O) groups excluding carboxylic acids is 1. The van der Waals surface area contributed by atoms with Crippen molar-refractivity contribution in [2.45, 2.75) is 65.5 Å². The Morgan fingerprint density at radius 2 is 2.10 bits per heavy atom. The van der Waals surface area contributed by atoms with Crippen LogP contribution in [0.2, 0.25) is 0 Å². The number of likely N-dealkylation sites (tertiary alicyclic amines) is 1. The molecule has 0 aromatic carbocycles. The zero-order chi connectivity index (χ0) is 15.4. The average molecular weight is 284 g/mol. The van der Waals surface area contributed by atoms with E-state index in [4.69, 9.17) is 4.74 Å². The predicted molar refractivity (Wildman–Crippen MR) is 82.8 cm³/mol. The molecular weight excluding hydrogens is 252 g/mol. The highest BCUT2D eigenvalue weighted by atomic mass is 16.5. The maximum absolute atomic E-state index is 12.1. The van der Waals surface area contributed by atoms with Crippen molar-refractivity contribution < 1.29 is 9.53 Å². The van der Waals surface area contributed by atoms with Gasteiger partial charge in [-0.3, -0.25) is 10.1 Å². The van der Waals surface area contributed by atoms with E-state index in [0.29, 0.717) is 5.41 Å². The molecule has 1 N–H and O–H groups in total. The topological polar surface area (TPSA) is 41.6 Å². The van der Waals surface area contributed by atoms with E-state index in [0.717, 1.165) is 26.1 Å². The molecular formula is C16H32N2O2. The number of hydrogen-bond acceptors (Lipinski definition) is 4. The van der Waals surface area contributed by atoms with Gasteiger partial charge in [0.2, 0.25) is 0 Å². The van der Waals surface area contributed by atoms with E-state index in [9.17, 15) is 4.79 Å². The van der Waals surface area contributed by atoms with Gasteiger partial charge >= 0.3 is 5.97 Å². The Hall–Kier alpha value is -0.610. The van der Waals surface area contributed by atoms with Crippen LogP contribution in [-0.2, 0) is 9.53 Å². The Morgan fingerprint density at radius 3 is 2.60 bits per heavy atom. The fraction of sp³-hybridized carbons (Fsp3) is 0.938. The van der Waals surface area contributed by atoms with Crippen molar-refractivity contribution >= 4 is 5.97 Å². The van der Waals surface area contributed by atoms with Gasteiger partial charge in [-0.2, -0.15) is 0 Å². The van der Waals surface area contributed by atoms with Crippen LogP contribution in [0, 0.1) is 5.41 Å². The summed E-state index contributed by atoms with van der Waals surface area (Å²) in [5.74, 6) is -0.164. The maximum atomic E-state index is 12.1. The molecule has 20 heavy (non-hydrogen) atoms. The highest BCUT2D eigenvalue weighted by Gasteiger charge is 2.36. The van der Waals surface area contributed by atoms with Crippen LogP contribution in [0.4, 0.5) is 0 Å². The highest BCUT2D eigenvalue weighted by Crippen LogP contribution is 2.29. The Morgan fingerprint density at radius 1 is 1.45 bits per heavy atom. The molecule has 0 bridgehead atoms. The molecule has 0 radical (unpaired) electrons. The first kappa shape index (κ1) is 17.4. The summed E-state index contributed by atoms with van der Waals surface area (Å²) in [6.45, 7) is 13.9. The number of piperidine rings is 1. The number of ether oxygens (including phenoxy) is 1. The molecule has 0 aromatic heterocycles. The van der Waals surface area contributed by atoms with Crippen molar-refractivity contribution in [1.82, 2.24) is 10.2 Å². The Balaban J connectivity index is 2.60. The van der Waals surface area contributed by atoms with Crippen LogP contribution in [0.25, 0.3) is 0 Å². The number of nitrogens with zero attached hydrogens (tertiary/aromatic N) is 1. The third kappa shape index (κ3) is 5.06. The van der Waals surface area contributed by atoms with E-state index in [1.54, 1.807) is 0 Å². The summed E-state index contributed by atoms with van der Waals surface area (Å²) >= 11 is 0. The number of rotatable bonds is 6. The first-order valence-corrected chi connectivity index (χ1v) is 7.77. The van der Waals surface area contributed by atoms with Crippen LogP contribution in [0.1, 0.15) is 53.9 Å². The van der Waals surface area contributed by atoms with Crippen molar-refractivity contribution in [3.05, 3.63) is 0 Å². The molecule has 0 saturated carbocycles. The molecule has 1 unspecified atom stereocenters. The lowest BCUT2D eigenvalue weighted by atomic mass is 9.84. The first-order valence-electron chi connectivity index (χ1n) is 7.77. The molecule has 0 aliphatic carbocycles. The third-order valence-corrected chi connectivity index (χ3v) is 4.15. The molecule has 0 amide bonds. The van der Waals surface area contributed by atoms with Gasteiger partial charge in [0.1, 0.15) is 5.54 Å². The maximum Gasteiger partial charge on any atom is 0.325 e. The number of nitrogens with one attached hydrogen (secondary N) is 1. The number of carbonyl (C=O) groups is 1. The second kappa shape index (κ2) is 6.90. The highest BCUT2D eigenvalue weighted by molar-refractivity contribution is 5.80. The lowest BCUT2D eigenvalue weighted by Crippen LogP contribution is -2.55. The molecule has 1 aliphatic rings. The van der Waals surface area contributed by atoms with E-state index in [1.807, 2.05) is 6.92 Å². The first-order chi connectivity index (χ1) is 9.18. The summed E-state index contributed by atoms with van der Waals surface area (Å²) in [4.78, 5) is 14.5. The Kier molecular flexibility index (Phi) is 6.02. The summed E-state index contributed by atoms with van der Waals surface area (Å²) in [5, 5.41) is 3.37. The lowest BCUT2D eigenvalue weighted by molar-refractivity contribution is -0.148. The largest absolute Gasteiger partial charge is 0.468 e. The summed E-state index contributed by atoms with van der Waals surface area (Å²) < 4.78 is 4.98. The monoisotopic (exact) mass is 284 g/mol. The van der Waals surface area contributed by atoms with Crippen LogP contribution >= 0.6 is 0 Å². The Bertz CT molecular complexity index is 328. The molecule has 1 fully saturated rings. The van der Waals surface area contributed by atoms with Crippen molar-refractivity contribution in [3.63, 3.8) is 0 Å². The molecule has 4 nitrogen and oxygen atoms in total. The van der Waals surface area contributed by atoms with Crippen molar-refractivity contribution in [2.75, 3.05) is 26.7 Å². The van der Waals surface area contributed by atoms with Gasteiger partial charge in [0.05, 0.1) is 7.11 Å². The van der Waals surface area contributed by atoms with Gasteiger partial charge < -0.3 is 9.64 Å². The van der Waals surface area contributed by atoms with Gasteiger partial charge in [0.15, 0.2) is 0 Å². The quantitative estimate of drug-likeness (QED) is 0.761. The second-order valence-electron chi connectivity index (χ2n) is 7.42. The van der Waals surface area contributed by atoms with E-state index >= 15 is 0 Å². The van der Waals surface area contributed by atoms with Gasteiger partial charge in [0.25, 0.3) is 0 Å². The van der Waals surface area contributed by atoms with E-state index < -0.39 is 5.54 Å². The van der Waals surface area contributed by atoms with Gasteiger partial charge in [-0.15, -0.1) is 0 Å². The minimum absolute atomic E-state index is 0.164. The average Bonchev–Trinajstić information content (AvgIpc) is 2.33. The van der Waals surface area contributed by atoms with E-state index in [-0.39, 0.29) is 12.0 Å². The third-order valence-electron chi connectivity index (χ3n) is 4.15. The van der Waals surface area contributed by atoms with Gasteiger partial charge in [-0.1, -0.05) is 13.8 Å².